The highest BCUT2D eigenvalue weighted by Crippen LogP contribution is 1.96. The molecule has 0 fully saturated rings. The van der Waals surface area contributed by atoms with Crippen LogP contribution in [0.15, 0.2) is 0 Å². The van der Waals surface area contributed by atoms with Crippen LogP contribution in [-0.2, 0) is 0 Å². The van der Waals surface area contributed by atoms with Crippen LogP contribution in [0.25, 0.3) is 0 Å². The number of unbranched alkanes of at least 4 members (excludes halogenated alkanes) is 1. The minimum Gasteiger partial charge on any atom is -0.352 e. The lowest BCUT2D eigenvalue weighted by Gasteiger charge is -2.05. The summed E-state index contributed by atoms with van der Waals surface area (Å²) in [5.41, 5.74) is 0. The van der Waals surface area contributed by atoms with Gasteiger partial charge in [-0.05, 0) is 26.3 Å². The molecule has 0 spiro atoms. The predicted octanol–water partition coefficient (Wildman–Crippen LogP) is 1.30. The highest BCUT2D eigenvalue weighted by atomic mass is 32.1. The molecule has 0 aromatic rings. The summed E-state index contributed by atoms with van der Waals surface area (Å²) in [5.74, 6) is 1.02. The molecule has 0 aromatic heterocycles. The molecule has 0 saturated heterocycles. The molecule has 0 N–H and O–H groups in total. The standard InChI is InChI=1S/C6H15BNS/c1-8(2)7-5-3-4-6-9/h9H,3-6H2,1-2H3. The SMILES string of the molecule is CN(C)[B]CCCCS. The van der Waals surface area contributed by atoms with Crippen molar-refractivity contribution in [1.82, 2.24) is 4.81 Å². The van der Waals surface area contributed by atoms with Crippen molar-refractivity contribution in [2.75, 3.05) is 19.8 Å². The smallest absolute Gasteiger partial charge is 0.207 e. The van der Waals surface area contributed by atoms with Gasteiger partial charge in [0.15, 0.2) is 0 Å². The topological polar surface area (TPSA) is 3.24 Å². The minimum absolute atomic E-state index is 1.02. The molecular weight excluding hydrogens is 129 g/mol. The molecule has 0 aliphatic rings. The van der Waals surface area contributed by atoms with Crippen molar-refractivity contribution < 1.29 is 0 Å². The number of thiol groups is 1. The molecule has 1 radical (unpaired) electrons. The normalized spacial score (nSPS) is 10.2. The lowest BCUT2D eigenvalue weighted by Crippen LogP contribution is -2.16. The van der Waals surface area contributed by atoms with Crippen molar-refractivity contribution in [3.8, 4) is 0 Å². The summed E-state index contributed by atoms with van der Waals surface area (Å²) in [6.07, 6.45) is 3.68. The van der Waals surface area contributed by atoms with E-state index in [2.05, 4.69) is 38.9 Å². The highest BCUT2D eigenvalue weighted by molar-refractivity contribution is 7.80. The molecule has 0 unspecified atom stereocenters. The molecule has 0 aromatic carbocycles. The van der Waals surface area contributed by atoms with Gasteiger partial charge in [-0.25, -0.2) is 0 Å². The Morgan fingerprint density at radius 2 is 2.00 bits per heavy atom. The second-order valence-electron chi connectivity index (χ2n) is 2.37. The van der Waals surface area contributed by atoms with Crippen LogP contribution >= 0.6 is 12.6 Å². The van der Waals surface area contributed by atoms with Crippen LogP contribution in [0.2, 0.25) is 6.32 Å². The molecule has 0 atom stereocenters. The third kappa shape index (κ3) is 8.37. The lowest BCUT2D eigenvalue weighted by atomic mass is 9.85. The molecule has 53 valence electrons. The average Bonchev–Trinajstić information content (AvgIpc) is 1.80. The van der Waals surface area contributed by atoms with Crippen LogP contribution in [0.5, 0.6) is 0 Å². The molecule has 0 bridgehead atoms. The maximum absolute atomic E-state index is 4.12. The van der Waals surface area contributed by atoms with Gasteiger partial charge in [0.25, 0.3) is 0 Å². The first kappa shape index (κ1) is 9.37. The first-order valence-electron chi connectivity index (χ1n) is 3.38. The number of hydrogen-bond donors (Lipinski definition) is 1. The Labute approximate surface area is 64.5 Å². The van der Waals surface area contributed by atoms with Crippen molar-refractivity contribution in [2.45, 2.75) is 19.2 Å². The molecule has 0 amide bonds. The first-order chi connectivity index (χ1) is 4.27. The summed E-state index contributed by atoms with van der Waals surface area (Å²) < 4.78 is 0. The molecular formula is C6H15BNS. The van der Waals surface area contributed by atoms with Crippen LogP contribution < -0.4 is 0 Å². The van der Waals surface area contributed by atoms with Gasteiger partial charge in [0.2, 0.25) is 7.41 Å². The Balaban J connectivity index is 2.75. The third-order valence-electron chi connectivity index (χ3n) is 1.11. The zero-order valence-electron chi connectivity index (χ0n) is 6.30. The molecule has 1 nitrogen and oxygen atoms in total. The second-order valence-corrected chi connectivity index (χ2v) is 2.81. The Bertz CT molecular complexity index is 59.0. The number of nitrogens with zero attached hydrogens (tertiary/aromatic N) is 1. The van der Waals surface area contributed by atoms with E-state index in [-0.39, 0.29) is 0 Å². The summed E-state index contributed by atoms with van der Waals surface area (Å²) in [5, 5.41) is 0. The van der Waals surface area contributed by atoms with E-state index in [4.69, 9.17) is 0 Å². The van der Waals surface area contributed by atoms with Crippen molar-refractivity contribution in [3.05, 3.63) is 0 Å². The van der Waals surface area contributed by atoms with Gasteiger partial charge in [-0.2, -0.15) is 12.6 Å². The number of hydrogen-bond acceptors (Lipinski definition) is 2. The van der Waals surface area contributed by atoms with E-state index in [0.29, 0.717) is 0 Å². The van der Waals surface area contributed by atoms with Gasteiger partial charge < -0.3 is 4.81 Å². The Morgan fingerprint density at radius 1 is 1.33 bits per heavy atom. The summed E-state index contributed by atoms with van der Waals surface area (Å²) in [6, 6.07) is 0. The zero-order valence-corrected chi connectivity index (χ0v) is 7.19. The monoisotopic (exact) mass is 144 g/mol. The highest BCUT2D eigenvalue weighted by Gasteiger charge is 1.92. The molecule has 0 rings (SSSR count). The molecule has 0 heterocycles. The second kappa shape index (κ2) is 6.49. The van der Waals surface area contributed by atoms with Crippen molar-refractivity contribution >= 4 is 20.0 Å². The molecule has 3 heteroatoms. The fourth-order valence-electron chi connectivity index (χ4n) is 0.606. The molecule has 0 aliphatic carbocycles. The quantitative estimate of drug-likeness (QED) is 0.345. The van der Waals surface area contributed by atoms with E-state index in [1.54, 1.807) is 0 Å². The molecule has 9 heavy (non-hydrogen) atoms. The van der Waals surface area contributed by atoms with Crippen LogP contribution in [0.3, 0.4) is 0 Å². The lowest BCUT2D eigenvalue weighted by molar-refractivity contribution is 0.652. The maximum Gasteiger partial charge on any atom is 0.207 e. The van der Waals surface area contributed by atoms with Gasteiger partial charge in [-0.3, -0.25) is 0 Å². The molecule has 0 aliphatic heterocycles. The van der Waals surface area contributed by atoms with Gasteiger partial charge in [0.1, 0.15) is 0 Å². The van der Waals surface area contributed by atoms with E-state index < -0.39 is 0 Å². The van der Waals surface area contributed by atoms with E-state index in [0.717, 1.165) is 5.75 Å². The van der Waals surface area contributed by atoms with Crippen molar-refractivity contribution in [1.29, 1.82) is 0 Å². The van der Waals surface area contributed by atoms with Crippen molar-refractivity contribution in [2.24, 2.45) is 0 Å². The van der Waals surface area contributed by atoms with E-state index in [1.165, 1.54) is 19.2 Å². The fraction of sp³-hybridized carbons (Fsp3) is 1.00. The first-order valence-corrected chi connectivity index (χ1v) is 4.01. The van der Waals surface area contributed by atoms with E-state index >= 15 is 0 Å². The summed E-state index contributed by atoms with van der Waals surface area (Å²) in [4.78, 5) is 2.10. The Morgan fingerprint density at radius 3 is 2.44 bits per heavy atom. The summed E-state index contributed by atoms with van der Waals surface area (Å²) >= 11 is 4.12. The number of rotatable bonds is 5. The minimum atomic E-state index is 1.02. The van der Waals surface area contributed by atoms with Crippen LogP contribution in [-0.4, -0.2) is 32.1 Å². The van der Waals surface area contributed by atoms with Crippen LogP contribution in [0.4, 0.5) is 0 Å². The Hall–Kier alpha value is 0.375. The largest absolute Gasteiger partial charge is 0.352 e. The third-order valence-corrected chi connectivity index (χ3v) is 1.42. The van der Waals surface area contributed by atoms with E-state index in [1.807, 2.05) is 0 Å². The van der Waals surface area contributed by atoms with Crippen LogP contribution in [0.1, 0.15) is 12.8 Å². The van der Waals surface area contributed by atoms with Crippen molar-refractivity contribution in [3.63, 3.8) is 0 Å². The molecule has 0 saturated carbocycles. The van der Waals surface area contributed by atoms with Gasteiger partial charge >= 0.3 is 0 Å². The Kier molecular flexibility index (Phi) is 6.76. The van der Waals surface area contributed by atoms with Gasteiger partial charge in [0.05, 0.1) is 0 Å². The zero-order chi connectivity index (χ0) is 7.11. The fourth-order valence-corrected chi connectivity index (χ4v) is 0.829. The average molecular weight is 144 g/mol. The van der Waals surface area contributed by atoms with Gasteiger partial charge in [-0.1, -0.05) is 12.7 Å². The maximum atomic E-state index is 4.12. The van der Waals surface area contributed by atoms with Gasteiger partial charge in [0, 0.05) is 0 Å². The predicted molar refractivity (Wildman–Crippen MR) is 47.3 cm³/mol. The summed E-state index contributed by atoms with van der Waals surface area (Å²) in [7, 11) is 6.31. The van der Waals surface area contributed by atoms with Crippen LogP contribution in [0, 0.1) is 0 Å². The van der Waals surface area contributed by atoms with E-state index in [9.17, 15) is 0 Å². The van der Waals surface area contributed by atoms with Gasteiger partial charge in [-0.15, -0.1) is 0 Å². The summed E-state index contributed by atoms with van der Waals surface area (Å²) in [6.45, 7) is 0.